The summed E-state index contributed by atoms with van der Waals surface area (Å²) in [6.45, 7) is 0. The van der Waals surface area contributed by atoms with Gasteiger partial charge in [0, 0.05) is 11.6 Å². The summed E-state index contributed by atoms with van der Waals surface area (Å²) in [5, 5.41) is 8.98. The fraction of sp³-hybridized carbons (Fsp3) is 0.0833. The highest BCUT2D eigenvalue weighted by Gasteiger charge is 2.08. The molecule has 0 unspecified atom stereocenters. The average Bonchev–Trinajstić information content (AvgIpc) is 2.86. The lowest BCUT2D eigenvalue weighted by molar-refractivity contribution is 0.786. The molecule has 0 aliphatic carbocycles. The van der Waals surface area contributed by atoms with Gasteiger partial charge in [0.2, 0.25) is 0 Å². The van der Waals surface area contributed by atoms with E-state index in [0.717, 1.165) is 22.3 Å². The minimum absolute atomic E-state index is 0.379. The van der Waals surface area contributed by atoms with Gasteiger partial charge < -0.3 is 0 Å². The van der Waals surface area contributed by atoms with Crippen molar-refractivity contribution in [2.45, 2.75) is 5.88 Å². The van der Waals surface area contributed by atoms with Crippen molar-refractivity contribution >= 4 is 22.5 Å². The van der Waals surface area contributed by atoms with Gasteiger partial charge >= 0.3 is 0 Å². The average molecular weight is 245 g/mol. The number of benzene rings is 1. The molecule has 17 heavy (non-hydrogen) atoms. The molecule has 4 nitrogen and oxygen atoms in total. The van der Waals surface area contributed by atoms with Gasteiger partial charge in [0.1, 0.15) is 0 Å². The van der Waals surface area contributed by atoms with Crippen LogP contribution in [0.1, 0.15) is 5.69 Å². The van der Waals surface area contributed by atoms with Crippen LogP contribution in [0.5, 0.6) is 0 Å². The minimum Gasteiger partial charge on any atom is -0.256 e. The lowest BCUT2D eigenvalue weighted by Gasteiger charge is -2.07. The van der Waals surface area contributed by atoms with Gasteiger partial charge in [-0.05, 0) is 24.3 Å². The van der Waals surface area contributed by atoms with Gasteiger partial charge in [-0.25, -0.2) is 4.68 Å². The second kappa shape index (κ2) is 4.14. The molecule has 5 heteroatoms. The van der Waals surface area contributed by atoms with E-state index in [1.165, 1.54) is 0 Å². The molecule has 0 saturated heterocycles. The lowest BCUT2D eigenvalue weighted by Crippen LogP contribution is -2.01. The van der Waals surface area contributed by atoms with Crippen molar-refractivity contribution in [3.63, 3.8) is 0 Å². The highest BCUT2D eigenvalue weighted by Crippen LogP contribution is 2.21. The SMILES string of the molecule is ClCc1cnnn1-c1cccc2ncccc12. The molecule has 0 N–H and O–H groups in total. The van der Waals surface area contributed by atoms with Crippen LogP contribution in [-0.4, -0.2) is 20.0 Å². The fourth-order valence-corrected chi connectivity index (χ4v) is 2.00. The van der Waals surface area contributed by atoms with Crippen molar-refractivity contribution in [2.75, 3.05) is 0 Å². The molecule has 0 aliphatic heterocycles. The second-order valence-electron chi connectivity index (χ2n) is 3.62. The maximum atomic E-state index is 5.86. The van der Waals surface area contributed by atoms with Gasteiger partial charge in [0.15, 0.2) is 0 Å². The van der Waals surface area contributed by atoms with Gasteiger partial charge in [-0.3, -0.25) is 4.98 Å². The Morgan fingerprint density at radius 2 is 2.12 bits per heavy atom. The Hall–Kier alpha value is -1.94. The Morgan fingerprint density at radius 3 is 3.00 bits per heavy atom. The molecule has 0 saturated carbocycles. The molecule has 0 fully saturated rings. The van der Waals surface area contributed by atoms with E-state index >= 15 is 0 Å². The summed E-state index contributed by atoms with van der Waals surface area (Å²) in [5.74, 6) is 0.379. The molecular formula is C12H9ClN4. The van der Waals surface area contributed by atoms with Crippen LogP contribution in [0.15, 0.2) is 42.7 Å². The number of aromatic nitrogens is 4. The molecule has 3 aromatic rings. The molecular weight excluding hydrogens is 236 g/mol. The summed E-state index contributed by atoms with van der Waals surface area (Å²) in [6, 6.07) is 9.82. The first-order valence-corrected chi connectivity index (χ1v) is 5.73. The van der Waals surface area contributed by atoms with Crippen molar-refractivity contribution < 1.29 is 0 Å². The summed E-state index contributed by atoms with van der Waals surface area (Å²) in [6.07, 6.45) is 3.44. The molecule has 0 aliphatic rings. The van der Waals surface area contributed by atoms with Crippen LogP contribution in [0.3, 0.4) is 0 Å². The van der Waals surface area contributed by atoms with Crippen molar-refractivity contribution in [2.24, 2.45) is 0 Å². The molecule has 1 aromatic carbocycles. The Balaban J connectivity index is 2.31. The molecule has 84 valence electrons. The van der Waals surface area contributed by atoms with Gasteiger partial charge in [-0.1, -0.05) is 11.3 Å². The molecule has 3 rings (SSSR count). The van der Waals surface area contributed by atoms with Crippen LogP contribution in [0, 0.1) is 0 Å². The molecule has 2 aromatic heterocycles. The van der Waals surface area contributed by atoms with Crippen LogP contribution in [0.2, 0.25) is 0 Å². The smallest absolute Gasteiger partial charge is 0.0793 e. The lowest BCUT2D eigenvalue weighted by atomic mass is 10.2. The Labute approximate surface area is 103 Å². The van der Waals surface area contributed by atoms with E-state index < -0.39 is 0 Å². The first kappa shape index (κ1) is 10.2. The van der Waals surface area contributed by atoms with E-state index in [9.17, 15) is 0 Å². The second-order valence-corrected chi connectivity index (χ2v) is 3.89. The number of halogens is 1. The van der Waals surface area contributed by atoms with Crippen LogP contribution in [-0.2, 0) is 5.88 Å². The molecule has 0 atom stereocenters. The normalized spacial score (nSPS) is 10.9. The van der Waals surface area contributed by atoms with E-state index in [2.05, 4.69) is 15.3 Å². The summed E-state index contributed by atoms with van der Waals surface area (Å²) < 4.78 is 1.75. The number of pyridine rings is 1. The maximum Gasteiger partial charge on any atom is 0.0793 e. The van der Waals surface area contributed by atoms with Crippen LogP contribution in [0.4, 0.5) is 0 Å². The number of hydrogen-bond acceptors (Lipinski definition) is 3. The van der Waals surface area contributed by atoms with Crippen LogP contribution < -0.4 is 0 Å². The van der Waals surface area contributed by atoms with Gasteiger partial charge in [0.05, 0.1) is 29.0 Å². The zero-order valence-corrected chi connectivity index (χ0v) is 9.67. The monoisotopic (exact) mass is 244 g/mol. The molecule has 0 spiro atoms. The quantitative estimate of drug-likeness (QED) is 0.651. The van der Waals surface area contributed by atoms with Crippen molar-refractivity contribution in [3.8, 4) is 5.69 Å². The predicted octanol–water partition coefficient (Wildman–Crippen LogP) is 2.55. The van der Waals surface area contributed by atoms with Gasteiger partial charge in [-0.2, -0.15) is 0 Å². The van der Waals surface area contributed by atoms with E-state index in [1.54, 1.807) is 17.1 Å². The number of rotatable bonds is 2. The number of nitrogens with zero attached hydrogens (tertiary/aromatic N) is 4. The zero-order valence-electron chi connectivity index (χ0n) is 8.92. The summed E-state index contributed by atoms with van der Waals surface area (Å²) >= 11 is 5.86. The van der Waals surface area contributed by atoms with Gasteiger partial charge in [0.25, 0.3) is 0 Å². The van der Waals surface area contributed by atoms with E-state index in [4.69, 9.17) is 11.6 Å². The van der Waals surface area contributed by atoms with Gasteiger partial charge in [-0.15, -0.1) is 16.7 Å². The predicted molar refractivity (Wildman–Crippen MR) is 66.2 cm³/mol. The highest BCUT2D eigenvalue weighted by atomic mass is 35.5. The van der Waals surface area contributed by atoms with Crippen LogP contribution >= 0.6 is 11.6 Å². The molecule has 0 amide bonds. The summed E-state index contributed by atoms with van der Waals surface area (Å²) in [7, 11) is 0. The topological polar surface area (TPSA) is 43.6 Å². The van der Waals surface area contributed by atoms with Crippen molar-refractivity contribution in [1.82, 2.24) is 20.0 Å². The van der Waals surface area contributed by atoms with E-state index in [0.29, 0.717) is 5.88 Å². The standard InChI is InChI=1S/C12H9ClN4/c13-7-9-8-15-16-17(9)12-5-1-4-11-10(12)3-2-6-14-11/h1-6,8H,7H2. The number of fused-ring (bicyclic) bond motifs is 1. The largest absolute Gasteiger partial charge is 0.256 e. The third-order valence-electron chi connectivity index (χ3n) is 2.61. The number of hydrogen-bond donors (Lipinski definition) is 0. The Kier molecular flexibility index (Phi) is 2.49. The van der Waals surface area contributed by atoms with Crippen LogP contribution in [0.25, 0.3) is 16.6 Å². The van der Waals surface area contributed by atoms with Crippen molar-refractivity contribution in [1.29, 1.82) is 0 Å². The molecule has 0 bridgehead atoms. The first-order chi connectivity index (χ1) is 8.40. The molecule has 2 heterocycles. The first-order valence-electron chi connectivity index (χ1n) is 5.20. The summed E-state index contributed by atoms with van der Waals surface area (Å²) in [5.41, 5.74) is 2.74. The summed E-state index contributed by atoms with van der Waals surface area (Å²) in [4.78, 5) is 4.31. The number of alkyl halides is 1. The zero-order chi connectivity index (χ0) is 11.7. The van der Waals surface area contributed by atoms with E-state index in [-0.39, 0.29) is 0 Å². The van der Waals surface area contributed by atoms with Crippen molar-refractivity contribution in [3.05, 3.63) is 48.4 Å². The Morgan fingerprint density at radius 1 is 1.18 bits per heavy atom. The van der Waals surface area contributed by atoms with E-state index in [1.807, 2.05) is 30.3 Å². The Bertz CT molecular complexity index is 657. The fourth-order valence-electron chi connectivity index (χ4n) is 1.82. The minimum atomic E-state index is 0.379. The third kappa shape index (κ3) is 1.66. The maximum absolute atomic E-state index is 5.86. The third-order valence-corrected chi connectivity index (χ3v) is 2.88. The molecule has 0 radical (unpaired) electrons. The highest BCUT2D eigenvalue weighted by molar-refractivity contribution is 6.16.